The molecule has 5 heteroatoms. The summed E-state index contributed by atoms with van der Waals surface area (Å²) in [7, 11) is 1.93. The molecule has 0 aliphatic heterocycles. The molecule has 3 N–H and O–H groups in total. The molecule has 1 heterocycles. The summed E-state index contributed by atoms with van der Waals surface area (Å²) in [5.74, 6) is 0. The lowest BCUT2D eigenvalue weighted by atomic mass is 10.3. The Balaban J connectivity index is 2.18. The highest BCUT2D eigenvalue weighted by Gasteiger charge is 1.93. The van der Waals surface area contributed by atoms with Crippen molar-refractivity contribution in [2.75, 3.05) is 20.1 Å². The van der Waals surface area contributed by atoms with Crippen LogP contribution in [0, 0.1) is 0 Å². The predicted octanol–water partition coefficient (Wildman–Crippen LogP) is -0.531. The summed E-state index contributed by atoms with van der Waals surface area (Å²) in [6, 6.07) is 3.21. The Labute approximate surface area is 82.9 Å². The van der Waals surface area contributed by atoms with Gasteiger partial charge >= 0.3 is 0 Å². The first-order valence-corrected chi connectivity index (χ1v) is 4.73. The molecule has 78 valence electrons. The molecule has 0 saturated heterocycles. The lowest BCUT2D eigenvalue weighted by Gasteiger charge is -2.02. The third kappa shape index (κ3) is 4.15. The Kier molecular flexibility index (Phi) is 4.88. The van der Waals surface area contributed by atoms with Crippen LogP contribution in [-0.4, -0.2) is 30.3 Å². The van der Waals surface area contributed by atoms with Crippen LogP contribution < -0.4 is 16.2 Å². The second kappa shape index (κ2) is 6.28. The van der Waals surface area contributed by atoms with Gasteiger partial charge in [0.25, 0.3) is 5.56 Å². The van der Waals surface area contributed by atoms with E-state index >= 15 is 0 Å². The van der Waals surface area contributed by atoms with Crippen LogP contribution >= 0.6 is 0 Å². The van der Waals surface area contributed by atoms with Gasteiger partial charge in [-0.2, -0.15) is 5.10 Å². The van der Waals surface area contributed by atoms with Crippen LogP contribution in [0.25, 0.3) is 0 Å². The van der Waals surface area contributed by atoms with E-state index in [-0.39, 0.29) is 5.56 Å². The first kappa shape index (κ1) is 10.9. The second-order valence-electron chi connectivity index (χ2n) is 3.05. The Morgan fingerprint density at radius 3 is 2.93 bits per heavy atom. The fourth-order valence-corrected chi connectivity index (χ4v) is 1.08. The van der Waals surface area contributed by atoms with Gasteiger partial charge in [0.2, 0.25) is 0 Å². The van der Waals surface area contributed by atoms with Gasteiger partial charge in [0.05, 0.1) is 5.69 Å². The molecular weight excluding hydrogens is 180 g/mol. The zero-order chi connectivity index (χ0) is 10.2. The summed E-state index contributed by atoms with van der Waals surface area (Å²) in [4.78, 5) is 10.7. The van der Waals surface area contributed by atoms with Crippen LogP contribution in [0.4, 0.5) is 0 Å². The largest absolute Gasteiger partial charge is 0.320 e. The van der Waals surface area contributed by atoms with Crippen LogP contribution in [0.2, 0.25) is 0 Å². The van der Waals surface area contributed by atoms with Crippen molar-refractivity contribution in [1.82, 2.24) is 20.8 Å². The highest BCUT2D eigenvalue weighted by atomic mass is 16.1. The molecular formula is C9H16N4O. The first-order chi connectivity index (χ1) is 6.83. The molecule has 1 rings (SSSR count). The molecule has 0 atom stereocenters. The number of hydrogen-bond donors (Lipinski definition) is 3. The molecule has 0 aliphatic rings. The molecule has 0 saturated carbocycles. The van der Waals surface area contributed by atoms with E-state index < -0.39 is 0 Å². The lowest BCUT2D eigenvalue weighted by molar-refractivity contribution is 0.614. The Hall–Kier alpha value is -1.20. The molecule has 5 nitrogen and oxygen atoms in total. The fraction of sp³-hybridized carbons (Fsp3) is 0.556. The summed E-state index contributed by atoms with van der Waals surface area (Å²) in [6.45, 7) is 2.65. The number of nitrogens with zero attached hydrogens (tertiary/aromatic N) is 1. The summed E-state index contributed by atoms with van der Waals surface area (Å²) >= 11 is 0. The molecule has 0 unspecified atom stereocenters. The average molecular weight is 196 g/mol. The first-order valence-electron chi connectivity index (χ1n) is 4.73. The van der Waals surface area contributed by atoms with E-state index in [2.05, 4.69) is 20.8 Å². The minimum Gasteiger partial charge on any atom is -0.320 e. The molecule has 0 amide bonds. The summed E-state index contributed by atoms with van der Waals surface area (Å²) in [5.41, 5.74) is 0.693. The molecule has 0 fully saturated rings. The summed E-state index contributed by atoms with van der Waals surface area (Å²) in [6.07, 6.45) is 1.08. The van der Waals surface area contributed by atoms with E-state index in [0.29, 0.717) is 6.54 Å². The van der Waals surface area contributed by atoms with Crippen molar-refractivity contribution in [3.8, 4) is 0 Å². The molecule has 0 radical (unpaired) electrons. The fourth-order valence-electron chi connectivity index (χ4n) is 1.08. The van der Waals surface area contributed by atoms with Crippen molar-refractivity contribution in [2.24, 2.45) is 0 Å². The summed E-state index contributed by atoms with van der Waals surface area (Å²) < 4.78 is 0. The van der Waals surface area contributed by atoms with Gasteiger partial charge in [-0.05, 0) is 32.6 Å². The number of aromatic nitrogens is 2. The minimum atomic E-state index is -0.163. The third-order valence-electron chi connectivity index (χ3n) is 1.82. The molecule has 0 spiro atoms. The molecule has 1 aromatic rings. The quantitative estimate of drug-likeness (QED) is 0.535. The Bertz CT molecular complexity index is 289. The molecule has 0 aromatic carbocycles. The zero-order valence-electron chi connectivity index (χ0n) is 8.34. The van der Waals surface area contributed by atoms with E-state index in [0.717, 1.165) is 25.2 Å². The van der Waals surface area contributed by atoms with E-state index in [1.165, 1.54) is 6.07 Å². The van der Waals surface area contributed by atoms with Gasteiger partial charge in [-0.25, -0.2) is 5.10 Å². The maximum atomic E-state index is 10.7. The number of rotatable bonds is 6. The smallest absolute Gasteiger partial charge is 0.264 e. The van der Waals surface area contributed by atoms with Gasteiger partial charge in [-0.1, -0.05) is 0 Å². The standard InChI is InChI=1S/C9H16N4O/c1-10-5-2-6-11-7-8-3-4-9(14)13-12-8/h3-4,10-11H,2,5-7H2,1H3,(H,13,14). The topological polar surface area (TPSA) is 69.8 Å². The molecule has 14 heavy (non-hydrogen) atoms. The minimum absolute atomic E-state index is 0.163. The normalized spacial score (nSPS) is 10.4. The summed E-state index contributed by atoms with van der Waals surface area (Å²) in [5, 5.41) is 12.6. The lowest BCUT2D eigenvalue weighted by Crippen LogP contribution is -2.20. The highest BCUT2D eigenvalue weighted by molar-refractivity contribution is 4.98. The van der Waals surface area contributed by atoms with E-state index in [1.54, 1.807) is 6.07 Å². The van der Waals surface area contributed by atoms with E-state index in [4.69, 9.17) is 0 Å². The van der Waals surface area contributed by atoms with Crippen molar-refractivity contribution in [2.45, 2.75) is 13.0 Å². The maximum Gasteiger partial charge on any atom is 0.264 e. The molecule has 1 aromatic heterocycles. The zero-order valence-corrected chi connectivity index (χ0v) is 8.34. The second-order valence-corrected chi connectivity index (χ2v) is 3.05. The number of aromatic amines is 1. The van der Waals surface area contributed by atoms with Gasteiger partial charge in [0.15, 0.2) is 0 Å². The van der Waals surface area contributed by atoms with E-state index in [1.807, 2.05) is 7.05 Å². The van der Waals surface area contributed by atoms with Crippen molar-refractivity contribution in [1.29, 1.82) is 0 Å². The highest BCUT2D eigenvalue weighted by Crippen LogP contribution is 1.86. The van der Waals surface area contributed by atoms with Crippen LogP contribution in [0.3, 0.4) is 0 Å². The number of nitrogens with one attached hydrogen (secondary N) is 3. The maximum absolute atomic E-state index is 10.7. The van der Waals surface area contributed by atoms with Gasteiger partial charge in [-0.15, -0.1) is 0 Å². The van der Waals surface area contributed by atoms with Crippen molar-refractivity contribution in [3.05, 3.63) is 28.2 Å². The molecule has 0 aliphatic carbocycles. The van der Waals surface area contributed by atoms with Crippen molar-refractivity contribution >= 4 is 0 Å². The third-order valence-corrected chi connectivity index (χ3v) is 1.82. The van der Waals surface area contributed by atoms with Gasteiger partial charge < -0.3 is 10.6 Å². The van der Waals surface area contributed by atoms with Crippen LogP contribution in [0.5, 0.6) is 0 Å². The number of hydrogen-bond acceptors (Lipinski definition) is 4. The van der Waals surface area contributed by atoms with Gasteiger partial charge in [0.1, 0.15) is 0 Å². The predicted molar refractivity (Wildman–Crippen MR) is 55.1 cm³/mol. The van der Waals surface area contributed by atoms with Crippen molar-refractivity contribution in [3.63, 3.8) is 0 Å². The average Bonchev–Trinajstić information content (AvgIpc) is 2.21. The van der Waals surface area contributed by atoms with Gasteiger partial charge in [0, 0.05) is 12.6 Å². The number of H-pyrrole nitrogens is 1. The monoisotopic (exact) mass is 196 g/mol. The SMILES string of the molecule is CNCCCNCc1ccc(=O)[nH]n1. The van der Waals surface area contributed by atoms with Crippen LogP contribution in [0.1, 0.15) is 12.1 Å². The Morgan fingerprint density at radius 1 is 1.43 bits per heavy atom. The van der Waals surface area contributed by atoms with Crippen LogP contribution in [-0.2, 0) is 6.54 Å². The van der Waals surface area contributed by atoms with Crippen molar-refractivity contribution < 1.29 is 0 Å². The molecule has 0 bridgehead atoms. The Morgan fingerprint density at radius 2 is 2.29 bits per heavy atom. The van der Waals surface area contributed by atoms with E-state index in [9.17, 15) is 4.79 Å². The van der Waals surface area contributed by atoms with Gasteiger partial charge in [-0.3, -0.25) is 4.79 Å². The van der Waals surface area contributed by atoms with Crippen LogP contribution in [0.15, 0.2) is 16.9 Å².